The minimum absolute atomic E-state index is 0.00106. The van der Waals surface area contributed by atoms with Crippen LogP contribution in [0, 0.1) is 17.8 Å². The molecule has 0 aliphatic heterocycles. The third-order valence-electron chi connectivity index (χ3n) is 3.21. The van der Waals surface area contributed by atoms with Crippen LogP contribution >= 0.6 is 0 Å². The number of hydrogen-bond acceptors (Lipinski definition) is 2. The number of hydrogen-bond donors (Lipinski definition) is 2. The molecule has 12 heavy (non-hydrogen) atoms. The second kappa shape index (κ2) is 3.75. The highest BCUT2D eigenvalue weighted by molar-refractivity contribution is 4.87. The zero-order valence-electron chi connectivity index (χ0n) is 8.33. The van der Waals surface area contributed by atoms with Gasteiger partial charge in [-0.1, -0.05) is 20.8 Å². The fourth-order valence-corrected chi connectivity index (χ4v) is 2.17. The van der Waals surface area contributed by atoms with E-state index in [1.165, 1.54) is 0 Å². The van der Waals surface area contributed by atoms with Crippen molar-refractivity contribution in [3.63, 3.8) is 0 Å². The summed E-state index contributed by atoms with van der Waals surface area (Å²) in [6.07, 6.45) is 1.84. The Morgan fingerprint density at radius 3 is 2.33 bits per heavy atom. The summed E-state index contributed by atoms with van der Waals surface area (Å²) in [6, 6.07) is 0.00106. The molecule has 1 rings (SSSR count). The van der Waals surface area contributed by atoms with E-state index in [4.69, 9.17) is 5.73 Å². The van der Waals surface area contributed by atoms with Crippen LogP contribution in [0.3, 0.4) is 0 Å². The molecule has 72 valence electrons. The van der Waals surface area contributed by atoms with Gasteiger partial charge in [0.2, 0.25) is 0 Å². The lowest BCUT2D eigenvalue weighted by Gasteiger charge is -2.37. The topological polar surface area (TPSA) is 46.2 Å². The Morgan fingerprint density at radius 2 is 1.92 bits per heavy atom. The van der Waals surface area contributed by atoms with Gasteiger partial charge in [0, 0.05) is 6.04 Å². The normalized spacial score (nSPS) is 43.5. The smallest absolute Gasteiger partial charge is 0.0716 e. The summed E-state index contributed by atoms with van der Waals surface area (Å²) in [7, 11) is 0. The summed E-state index contributed by atoms with van der Waals surface area (Å²) in [5, 5.41) is 9.62. The van der Waals surface area contributed by atoms with Gasteiger partial charge in [0.15, 0.2) is 0 Å². The predicted molar refractivity (Wildman–Crippen MR) is 50.7 cm³/mol. The van der Waals surface area contributed by atoms with Gasteiger partial charge >= 0.3 is 0 Å². The summed E-state index contributed by atoms with van der Waals surface area (Å²) >= 11 is 0. The van der Waals surface area contributed by atoms with Crippen LogP contribution in [-0.2, 0) is 0 Å². The van der Waals surface area contributed by atoms with Crippen LogP contribution in [0.5, 0.6) is 0 Å². The van der Waals surface area contributed by atoms with Crippen LogP contribution in [0.4, 0.5) is 0 Å². The molecule has 3 N–H and O–H groups in total. The van der Waals surface area contributed by atoms with Crippen molar-refractivity contribution in [2.45, 2.75) is 45.8 Å². The van der Waals surface area contributed by atoms with Gasteiger partial charge in [0.05, 0.1) is 6.10 Å². The first-order valence-corrected chi connectivity index (χ1v) is 4.96. The van der Waals surface area contributed by atoms with E-state index in [1.807, 2.05) is 0 Å². The number of rotatable bonds is 1. The van der Waals surface area contributed by atoms with Gasteiger partial charge in [-0.2, -0.15) is 0 Å². The Bertz CT molecular complexity index is 135. The summed E-state index contributed by atoms with van der Waals surface area (Å²) in [5.74, 6) is 1.78. The molecule has 0 radical (unpaired) electrons. The zero-order chi connectivity index (χ0) is 9.30. The Labute approximate surface area is 75.2 Å². The van der Waals surface area contributed by atoms with Gasteiger partial charge in [0.25, 0.3) is 0 Å². The zero-order valence-corrected chi connectivity index (χ0v) is 8.33. The van der Waals surface area contributed by atoms with Crippen LogP contribution in [0.2, 0.25) is 0 Å². The highest BCUT2D eigenvalue weighted by Crippen LogP contribution is 2.32. The number of aliphatic hydroxyl groups excluding tert-OH is 1. The first-order chi connectivity index (χ1) is 5.52. The van der Waals surface area contributed by atoms with Crippen LogP contribution < -0.4 is 5.73 Å². The standard InChI is InChI=1S/C10H21NO/c1-6(2)8-4-7(3)10(12)9(11)5-8/h6-10,12H,4-5,11H2,1-3H3/t7?,8-,9+,10+/m0/s1. The molecule has 2 nitrogen and oxygen atoms in total. The summed E-state index contributed by atoms with van der Waals surface area (Å²) in [5.41, 5.74) is 5.85. The summed E-state index contributed by atoms with van der Waals surface area (Å²) in [6.45, 7) is 6.57. The summed E-state index contributed by atoms with van der Waals surface area (Å²) in [4.78, 5) is 0. The molecule has 0 aromatic rings. The third kappa shape index (κ3) is 1.99. The maximum absolute atomic E-state index is 9.62. The maximum Gasteiger partial charge on any atom is 0.0716 e. The van der Waals surface area contributed by atoms with Crippen molar-refractivity contribution in [3.8, 4) is 0 Å². The third-order valence-corrected chi connectivity index (χ3v) is 3.21. The van der Waals surface area contributed by atoms with Crippen LogP contribution in [0.1, 0.15) is 33.6 Å². The second-order valence-electron chi connectivity index (χ2n) is 4.61. The van der Waals surface area contributed by atoms with Gasteiger partial charge in [-0.3, -0.25) is 0 Å². The molecule has 0 heterocycles. The van der Waals surface area contributed by atoms with Gasteiger partial charge in [-0.15, -0.1) is 0 Å². The molecule has 1 fully saturated rings. The van der Waals surface area contributed by atoms with E-state index in [0.29, 0.717) is 17.8 Å². The van der Waals surface area contributed by atoms with Crippen molar-refractivity contribution < 1.29 is 5.11 Å². The van der Waals surface area contributed by atoms with Crippen molar-refractivity contribution in [2.75, 3.05) is 0 Å². The molecule has 0 saturated heterocycles. The van der Waals surface area contributed by atoms with Gasteiger partial charge in [0.1, 0.15) is 0 Å². The molecular formula is C10H21NO. The molecule has 1 saturated carbocycles. The average Bonchev–Trinajstić information content (AvgIpc) is 1.99. The molecule has 1 unspecified atom stereocenters. The van der Waals surface area contributed by atoms with Crippen LogP contribution in [0.25, 0.3) is 0 Å². The lowest BCUT2D eigenvalue weighted by Crippen LogP contribution is -2.46. The van der Waals surface area contributed by atoms with E-state index in [1.54, 1.807) is 0 Å². The van der Waals surface area contributed by atoms with Gasteiger partial charge in [-0.25, -0.2) is 0 Å². The van der Waals surface area contributed by atoms with Gasteiger partial charge in [-0.05, 0) is 30.6 Å². The van der Waals surface area contributed by atoms with E-state index in [2.05, 4.69) is 20.8 Å². The summed E-state index contributed by atoms with van der Waals surface area (Å²) < 4.78 is 0. The van der Waals surface area contributed by atoms with E-state index in [9.17, 15) is 5.11 Å². The minimum Gasteiger partial charge on any atom is -0.391 e. The average molecular weight is 171 g/mol. The fourth-order valence-electron chi connectivity index (χ4n) is 2.17. The highest BCUT2D eigenvalue weighted by atomic mass is 16.3. The molecule has 4 atom stereocenters. The van der Waals surface area contributed by atoms with E-state index in [0.717, 1.165) is 12.8 Å². The molecule has 0 aromatic heterocycles. The predicted octanol–water partition coefficient (Wildman–Crippen LogP) is 1.38. The first-order valence-electron chi connectivity index (χ1n) is 4.96. The van der Waals surface area contributed by atoms with Crippen molar-refractivity contribution in [2.24, 2.45) is 23.5 Å². The molecule has 0 aromatic carbocycles. The Morgan fingerprint density at radius 1 is 1.33 bits per heavy atom. The lowest BCUT2D eigenvalue weighted by molar-refractivity contribution is 0.0281. The molecule has 1 aliphatic carbocycles. The lowest BCUT2D eigenvalue weighted by atomic mass is 9.73. The maximum atomic E-state index is 9.62. The van der Waals surface area contributed by atoms with Crippen LogP contribution in [-0.4, -0.2) is 17.3 Å². The van der Waals surface area contributed by atoms with E-state index in [-0.39, 0.29) is 12.1 Å². The second-order valence-corrected chi connectivity index (χ2v) is 4.61. The monoisotopic (exact) mass is 171 g/mol. The largest absolute Gasteiger partial charge is 0.391 e. The number of aliphatic hydroxyl groups is 1. The quantitative estimate of drug-likeness (QED) is 0.626. The molecule has 2 heteroatoms. The molecule has 0 spiro atoms. The first kappa shape index (κ1) is 10.0. The van der Waals surface area contributed by atoms with Crippen molar-refractivity contribution in [3.05, 3.63) is 0 Å². The Kier molecular flexibility index (Phi) is 3.13. The number of nitrogens with two attached hydrogens (primary N) is 1. The van der Waals surface area contributed by atoms with E-state index >= 15 is 0 Å². The van der Waals surface area contributed by atoms with Gasteiger partial charge < -0.3 is 10.8 Å². The van der Waals surface area contributed by atoms with Crippen LogP contribution in [0.15, 0.2) is 0 Å². The molecule has 1 aliphatic rings. The Hall–Kier alpha value is -0.0800. The molecule has 0 bridgehead atoms. The minimum atomic E-state index is -0.278. The Balaban J connectivity index is 2.53. The van der Waals surface area contributed by atoms with Crippen molar-refractivity contribution in [1.29, 1.82) is 0 Å². The van der Waals surface area contributed by atoms with Crippen molar-refractivity contribution >= 4 is 0 Å². The van der Waals surface area contributed by atoms with E-state index < -0.39 is 0 Å². The highest BCUT2D eigenvalue weighted by Gasteiger charge is 2.33. The molecule has 0 amide bonds. The SMILES string of the molecule is CC(C)[C@H]1CC(C)[C@@H](O)[C@H](N)C1. The van der Waals surface area contributed by atoms with Crippen molar-refractivity contribution in [1.82, 2.24) is 0 Å². The fraction of sp³-hybridized carbons (Fsp3) is 1.00. The molecular weight excluding hydrogens is 150 g/mol.